The van der Waals surface area contributed by atoms with Gasteiger partial charge in [-0.3, -0.25) is 9.69 Å². The predicted molar refractivity (Wildman–Crippen MR) is 94.2 cm³/mol. The lowest BCUT2D eigenvalue weighted by Gasteiger charge is -2.31. The van der Waals surface area contributed by atoms with Crippen molar-refractivity contribution in [3.8, 4) is 10.6 Å². The van der Waals surface area contributed by atoms with Gasteiger partial charge in [-0.25, -0.2) is 9.37 Å². The van der Waals surface area contributed by atoms with Crippen LogP contribution in [0.3, 0.4) is 0 Å². The van der Waals surface area contributed by atoms with E-state index in [1.54, 1.807) is 12.1 Å². The summed E-state index contributed by atoms with van der Waals surface area (Å²) in [6.07, 6.45) is 1.96. The quantitative estimate of drug-likeness (QED) is 0.903. The van der Waals surface area contributed by atoms with E-state index in [0.717, 1.165) is 31.6 Å². The van der Waals surface area contributed by atoms with Crippen molar-refractivity contribution in [2.45, 2.75) is 26.3 Å². The molecule has 1 N–H and O–H groups in total. The van der Waals surface area contributed by atoms with Crippen LogP contribution in [0.2, 0.25) is 0 Å². The monoisotopic (exact) mass is 347 g/mol. The molecular weight excluding hydrogens is 325 g/mol. The van der Waals surface area contributed by atoms with Gasteiger partial charge in [0.15, 0.2) is 0 Å². The van der Waals surface area contributed by atoms with E-state index in [2.05, 4.69) is 15.2 Å². The summed E-state index contributed by atoms with van der Waals surface area (Å²) in [6, 6.07) is 6.71. The lowest BCUT2D eigenvalue weighted by Crippen LogP contribution is -2.42. The fourth-order valence-corrected chi connectivity index (χ4v) is 3.94. The van der Waals surface area contributed by atoms with Crippen molar-refractivity contribution in [3.63, 3.8) is 0 Å². The van der Waals surface area contributed by atoms with E-state index in [0.29, 0.717) is 23.7 Å². The van der Waals surface area contributed by atoms with Crippen molar-refractivity contribution in [1.82, 2.24) is 15.2 Å². The molecule has 24 heavy (non-hydrogen) atoms. The number of amides is 1. The minimum absolute atomic E-state index is 0.0587. The molecule has 0 radical (unpaired) electrons. The number of carbonyl (C=O) groups is 1. The SMILES string of the molecule is CCNC(=O)C1CCCN(Cc2csc(-c3ccccc3F)n2)C1. The molecule has 2 aromatic rings. The molecule has 1 unspecified atom stereocenters. The Kier molecular flexibility index (Phi) is 5.58. The first-order valence-corrected chi connectivity index (χ1v) is 9.24. The van der Waals surface area contributed by atoms with Gasteiger partial charge >= 0.3 is 0 Å². The number of hydrogen-bond acceptors (Lipinski definition) is 4. The van der Waals surface area contributed by atoms with Crippen LogP contribution in [-0.4, -0.2) is 35.4 Å². The molecule has 128 valence electrons. The number of hydrogen-bond donors (Lipinski definition) is 1. The number of rotatable bonds is 5. The maximum atomic E-state index is 13.9. The Hall–Kier alpha value is -1.79. The molecular formula is C18H22FN3OS. The molecule has 0 aliphatic carbocycles. The second-order valence-electron chi connectivity index (χ2n) is 6.09. The summed E-state index contributed by atoms with van der Waals surface area (Å²) in [5.74, 6) is -0.0384. The molecule has 1 fully saturated rings. The Morgan fingerprint density at radius 1 is 1.46 bits per heavy atom. The average Bonchev–Trinajstić information content (AvgIpc) is 3.04. The van der Waals surface area contributed by atoms with E-state index in [9.17, 15) is 9.18 Å². The third-order valence-corrected chi connectivity index (χ3v) is 5.19. The predicted octanol–water partition coefficient (Wildman–Crippen LogP) is 3.30. The smallest absolute Gasteiger partial charge is 0.224 e. The maximum Gasteiger partial charge on any atom is 0.224 e. The Morgan fingerprint density at radius 3 is 3.08 bits per heavy atom. The summed E-state index contributed by atoms with van der Waals surface area (Å²) in [6.45, 7) is 5.06. The normalized spacial score (nSPS) is 18.5. The van der Waals surface area contributed by atoms with E-state index in [-0.39, 0.29) is 17.6 Å². The molecule has 1 atom stereocenters. The lowest BCUT2D eigenvalue weighted by atomic mass is 9.97. The van der Waals surface area contributed by atoms with Crippen LogP contribution in [0.1, 0.15) is 25.5 Å². The molecule has 3 rings (SSSR count). The van der Waals surface area contributed by atoms with Gasteiger partial charge in [0.25, 0.3) is 0 Å². The highest BCUT2D eigenvalue weighted by molar-refractivity contribution is 7.13. The summed E-state index contributed by atoms with van der Waals surface area (Å²) in [4.78, 5) is 18.9. The van der Waals surface area contributed by atoms with Crippen molar-refractivity contribution < 1.29 is 9.18 Å². The standard InChI is InChI=1S/C18H22FN3OS/c1-2-20-17(23)13-6-5-9-22(10-13)11-14-12-24-18(21-14)15-7-3-4-8-16(15)19/h3-4,7-8,12-13H,2,5-6,9-11H2,1H3,(H,20,23). The van der Waals surface area contributed by atoms with Crippen molar-refractivity contribution in [2.75, 3.05) is 19.6 Å². The van der Waals surface area contributed by atoms with Crippen LogP contribution in [0.4, 0.5) is 4.39 Å². The molecule has 2 heterocycles. The molecule has 0 bridgehead atoms. The first-order chi connectivity index (χ1) is 11.7. The number of nitrogens with one attached hydrogen (secondary N) is 1. The van der Waals surface area contributed by atoms with Crippen LogP contribution < -0.4 is 5.32 Å². The van der Waals surface area contributed by atoms with E-state index < -0.39 is 0 Å². The second kappa shape index (κ2) is 7.85. The van der Waals surface area contributed by atoms with Gasteiger partial charge in [0.2, 0.25) is 5.91 Å². The van der Waals surface area contributed by atoms with Crippen LogP contribution in [-0.2, 0) is 11.3 Å². The topological polar surface area (TPSA) is 45.2 Å². The molecule has 0 saturated carbocycles. The fourth-order valence-electron chi connectivity index (χ4n) is 3.10. The number of piperidine rings is 1. The van der Waals surface area contributed by atoms with Gasteiger partial charge in [-0.2, -0.15) is 0 Å². The van der Waals surface area contributed by atoms with Gasteiger partial charge in [0.05, 0.1) is 11.6 Å². The van der Waals surface area contributed by atoms with Crippen LogP contribution in [0.25, 0.3) is 10.6 Å². The molecule has 1 aromatic heterocycles. The van der Waals surface area contributed by atoms with Gasteiger partial charge in [0.1, 0.15) is 10.8 Å². The zero-order valence-electron chi connectivity index (χ0n) is 13.8. The first kappa shape index (κ1) is 17.0. The van der Waals surface area contributed by atoms with E-state index >= 15 is 0 Å². The van der Waals surface area contributed by atoms with Gasteiger partial charge in [-0.15, -0.1) is 11.3 Å². The zero-order chi connectivity index (χ0) is 16.9. The molecule has 1 amide bonds. The number of nitrogens with zero attached hydrogens (tertiary/aromatic N) is 2. The van der Waals surface area contributed by atoms with Crippen LogP contribution in [0.15, 0.2) is 29.6 Å². The van der Waals surface area contributed by atoms with Crippen molar-refractivity contribution >= 4 is 17.2 Å². The van der Waals surface area contributed by atoms with Gasteiger partial charge in [-0.05, 0) is 38.4 Å². The number of thiazole rings is 1. The third-order valence-electron chi connectivity index (χ3n) is 4.27. The molecule has 1 aromatic carbocycles. The summed E-state index contributed by atoms with van der Waals surface area (Å²) in [5, 5.41) is 5.60. The highest BCUT2D eigenvalue weighted by Crippen LogP contribution is 2.27. The van der Waals surface area contributed by atoms with Crippen LogP contribution >= 0.6 is 11.3 Å². The summed E-state index contributed by atoms with van der Waals surface area (Å²) < 4.78 is 13.9. The fraction of sp³-hybridized carbons (Fsp3) is 0.444. The van der Waals surface area contributed by atoms with Crippen LogP contribution in [0.5, 0.6) is 0 Å². The maximum absolute atomic E-state index is 13.9. The number of likely N-dealkylation sites (tertiary alicyclic amines) is 1. The zero-order valence-corrected chi connectivity index (χ0v) is 14.6. The van der Waals surface area contributed by atoms with Gasteiger partial charge < -0.3 is 5.32 Å². The highest BCUT2D eigenvalue weighted by Gasteiger charge is 2.25. The Morgan fingerprint density at radius 2 is 2.29 bits per heavy atom. The van der Waals surface area contributed by atoms with E-state index in [1.807, 2.05) is 18.4 Å². The van der Waals surface area contributed by atoms with Crippen LogP contribution in [0, 0.1) is 11.7 Å². The molecule has 4 nitrogen and oxygen atoms in total. The number of aromatic nitrogens is 1. The molecule has 6 heteroatoms. The first-order valence-electron chi connectivity index (χ1n) is 8.36. The minimum Gasteiger partial charge on any atom is -0.356 e. The second-order valence-corrected chi connectivity index (χ2v) is 6.95. The largest absolute Gasteiger partial charge is 0.356 e. The Balaban J connectivity index is 1.64. The summed E-state index contributed by atoms with van der Waals surface area (Å²) >= 11 is 1.46. The number of carbonyl (C=O) groups excluding carboxylic acids is 1. The lowest BCUT2D eigenvalue weighted by molar-refractivity contribution is -0.126. The molecule has 1 saturated heterocycles. The molecule has 1 aliphatic rings. The van der Waals surface area contributed by atoms with Gasteiger partial charge in [-0.1, -0.05) is 12.1 Å². The Bertz CT molecular complexity index is 703. The van der Waals surface area contributed by atoms with Gasteiger partial charge in [0, 0.05) is 30.6 Å². The average molecular weight is 347 g/mol. The van der Waals surface area contributed by atoms with E-state index in [1.165, 1.54) is 17.4 Å². The summed E-state index contributed by atoms with van der Waals surface area (Å²) in [7, 11) is 0. The van der Waals surface area contributed by atoms with Crippen molar-refractivity contribution in [2.24, 2.45) is 5.92 Å². The van der Waals surface area contributed by atoms with Crippen molar-refractivity contribution in [3.05, 3.63) is 41.2 Å². The van der Waals surface area contributed by atoms with E-state index in [4.69, 9.17) is 0 Å². The molecule has 1 aliphatic heterocycles. The Labute approximate surface area is 145 Å². The number of benzene rings is 1. The minimum atomic E-state index is -0.243. The molecule has 0 spiro atoms. The third kappa shape index (κ3) is 3.99. The highest BCUT2D eigenvalue weighted by atomic mass is 32.1. The number of halogens is 1. The van der Waals surface area contributed by atoms with Crippen molar-refractivity contribution in [1.29, 1.82) is 0 Å². The summed E-state index contributed by atoms with van der Waals surface area (Å²) in [5.41, 5.74) is 1.49.